The Balaban J connectivity index is 2.57. The fourth-order valence-electron chi connectivity index (χ4n) is 1.34. The molecule has 0 saturated heterocycles. The molecule has 1 heterocycles. The summed E-state index contributed by atoms with van der Waals surface area (Å²) in [6.07, 6.45) is 0. The highest BCUT2D eigenvalue weighted by molar-refractivity contribution is 5.52. The van der Waals surface area contributed by atoms with Crippen molar-refractivity contribution in [2.24, 2.45) is 5.73 Å². The summed E-state index contributed by atoms with van der Waals surface area (Å²) in [5.41, 5.74) is 5.64. The number of fused-ring (bicyclic) bond motifs is 1. The van der Waals surface area contributed by atoms with Crippen LogP contribution in [0.2, 0.25) is 0 Å². The van der Waals surface area contributed by atoms with Crippen LogP contribution in [0, 0.1) is 5.82 Å². The van der Waals surface area contributed by atoms with Crippen LogP contribution in [0.15, 0.2) is 6.07 Å². The van der Waals surface area contributed by atoms with Crippen LogP contribution >= 0.6 is 0 Å². The van der Waals surface area contributed by atoms with Gasteiger partial charge in [-0.25, -0.2) is 0 Å². The number of ether oxygens (including phenoxy) is 2. The molecule has 0 bridgehead atoms. The van der Waals surface area contributed by atoms with Crippen LogP contribution in [0.5, 0.6) is 17.2 Å². The zero-order valence-electron chi connectivity index (χ0n) is 7.42. The van der Waals surface area contributed by atoms with Gasteiger partial charge in [-0.1, -0.05) is 0 Å². The standard InChI is InChI=1S/C9H10FNO3/c10-7-8(12)5(4-11)3-6-9(7)14-2-1-13-6/h3,12H,1-2,4,11H2. The fourth-order valence-corrected chi connectivity index (χ4v) is 1.34. The SMILES string of the molecule is NCc1cc2c(c(F)c1O)OCCO2. The summed E-state index contributed by atoms with van der Waals surface area (Å²) < 4.78 is 23.6. The molecule has 1 aliphatic heterocycles. The highest BCUT2D eigenvalue weighted by Gasteiger charge is 2.22. The Morgan fingerprint density at radius 1 is 1.43 bits per heavy atom. The third-order valence-corrected chi connectivity index (χ3v) is 2.05. The molecular formula is C9H10FNO3. The number of halogens is 1. The Bertz CT molecular complexity index is 368. The summed E-state index contributed by atoms with van der Waals surface area (Å²) in [5.74, 6) is -1.00. The number of phenols is 1. The van der Waals surface area contributed by atoms with E-state index >= 15 is 0 Å². The van der Waals surface area contributed by atoms with Gasteiger partial charge in [-0.2, -0.15) is 4.39 Å². The Kier molecular flexibility index (Phi) is 2.17. The monoisotopic (exact) mass is 199 g/mol. The number of hydrogen-bond donors (Lipinski definition) is 2. The summed E-state index contributed by atoms with van der Waals surface area (Å²) in [7, 11) is 0. The zero-order valence-corrected chi connectivity index (χ0v) is 7.42. The van der Waals surface area contributed by atoms with Gasteiger partial charge in [-0.3, -0.25) is 0 Å². The Morgan fingerprint density at radius 3 is 2.86 bits per heavy atom. The summed E-state index contributed by atoms with van der Waals surface area (Å²) in [6.45, 7) is 0.714. The molecule has 14 heavy (non-hydrogen) atoms. The van der Waals surface area contributed by atoms with Crippen LogP contribution in [0.1, 0.15) is 5.56 Å². The van der Waals surface area contributed by atoms with Crippen molar-refractivity contribution in [3.63, 3.8) is 0 Å². The highest BCUT2D eigenvalue weighted by atomic mass is 19.1. The molecule has 1 aromatic carbocycles. The van der Waals surface area contributed by atoms with Crippen molar-refractivity contribution in [1.82, 2.24) is 0 Å². The quantitative estimate of drug-likeness (QED) is 0.700. The van der Waals surface area contributed by atoms with Crippen molar-refractivity contribution in [2.45, 2.75) is 6.54 Å². The molecule has 0 spiro atoms. The fraction of sp³-hybridized carbons (Fsp3) is 0.333. The maximum atomic E-state index is 13.4. The highest BCUT2D eigenvalue weighted by Crippen LogP contribution is 2.39. The first-order valence-corrected chi connectivity index (χ1v) is 4.24. The van der Waals surface area contributed by atoms with Gasteiger partial charge in [0.1, 0.15) is 13.2 Å². The first kappa shape index (κ1) is 9.08. The number of benzene rings is 1. The molecule has 0 aliphatic carbocycles. The van der Waals surface area contributed by atoms with E-state index in [9.17, 15) is 9.50 Å². The summed E-state index contributed by atoms with van der Waals surface area (Å²) in [5, 5.41) is 9.36. The van der Waals surface area contributed by atoms with Crippen LogP contribution in [-0.4, -0.2) is 18.3 Å². The van der Waals surface area contributed by atoms with E-state index in [-0.39, 0.29) is 18.9 Å². The second-order valence-electron chi connectivity index (χ2n) is 2.93. The van der Waals surface area contributed by atoms with Crippen molar-refractivity contribution in [2.75, 3.05) is 13.2 Å². The third kappa shape index (κ3) is 1.26. The molecule has 0 radical (unpaired) electrons. The second-order valence-corrected chi connectivity index (χ2v) is 2.93. The van der Waals surface area contributed by atoms with E-state index in [1.165, 1.54) is 6.07 Å². The average Bonchev–Trinajstić information content (AvgIpc) is 2.23. The van der Waals surface area contributed by atoms with Crippen molar-refractivity contribution in [1.29, 1.82) is 0 Å². The van der Waals surface area contributed by atoms with E-state index in [4.69, 9.17) is 15.2 Å². The number of aromatic hydroxyl groups is 1. The molecule has 4 nitrogen and oxygen atoms in total. The van der Waals surface area contributed by atoms with Crippen LogP contribution < -0.4 is 15.2 Å². The first-order valence-electron chi connectivity index (χ1n) is 4.24. The molecule has 0 aromatic heterocycles. The minimum Gasteiger partial charge on any atom is -0.504 e. The molecule has 5 heteroatoms. The molecule has 2 rings (SSSR count). The lowest BCUT2D eigenvalue weighted by Gasteiger charge is -2.20. The van der Waals surface area contributed by atoms with E-state index in [1.54, 1.807) is 0 Å². The lowest BCUT2D eigenvalue weighted by atomic mass is 10.1. The number of hydrogen-bond acceptors (Lipinski definition) is 4. The van der Waals surface area contributed by atoms with E-state index in [0.29, 0.717) is 17.9 Å². The molecule has 0 atom stereocenters. The molecule has 0 saturated carbocycles. The minimum absolute atomic E-state index is 0.0362. The van der Waals surface area contributed by atoms with Crippen LogP contribution in [0.3, 0.4) is 0 Å². The largest absolute Gasteiger partial charge is 0.504 e. The number of rotatable bonds is 1. The number of phenolic OH excluding ortho intramolecular Hbond substituents is 1. The molecule has 3 N–H and O–H groups in total. The molecule has 0 unspecified atom stereocenters. The van der Waals surface area contributed by atoms with Gasteiger partial charge in [0.05, 0.1) is 0 Å². The molecule has 76 valence electrons. The van der Waals surface area contributed by atoms with Crippen molar-refractivity contribution in [3.05, 3.63) is 17.4 Å². The van der Waals surface area contributed by atoms with E-state index in [1.807, 2.05) is 0 Å². The maximum Gasteiger partial charge on any atom is 0.210 e. The molecule has 1 aliphatic rings. The van der Waals surface area contributed by atoms with E-state index in [0.717, 1.165) is 0 Å². The van der Waals surface area contributed by atoms with Crippen molar-refractivity contribution in [3.8, 4) is 17.2 Å². The number of nitrogens with two attached hydrogens (primary N) is 1. The first-order chi connectivity index (χ1) is 6.74. The summed E-state index contributed by atoms with van der Waals surface area (Å²) in [6, 6.07) is 1.49. The second kappa shape index (κ2) is 3.34. The van der Waals surface area contributed by atoms with Gasteiger partial charge in [0.2, 0.25) is 11.6 Å². The van der Waals surface area contributed by atoms with Gasteiger partial charge in [-0.15, -0.1) is 0 Å². The van der Waals surface area contributed by atoms with Gasteiger partial charge in [-0.05, 0) is 6.07 Å². The van der Waals surface area contributed by atoms with Gasteiger partial charge in [0.15, 0.2) is 11.5 Å². The lowest BCUT2D eigenvalue weighted by Crippen LogP contribution is -2.17. The Morgan fingerprint density at radius 2 is 2.14 bits per heavy atom. The topological polar surface area (TPSA) is 64.7 Å². The molecule has 0 amide bonds. The molecule has 1 aromatic rings. The average molecular weight is 199 g/mol. The Labute approximate surface area is 80.0 Å². The summed E-state index contributed by atoms with van der Waals surface area (Å²) in [4.78, 5) is 0. The predicted octanol–water partition coefficient (Wildman–Crippen LogP) is 0.761. The molecular weight excluding hydrogens is 189 g/mol. The van der Waals surface area contributed by atoms with Gasteiger partial charge in [0.25, 0.3) is 0 Å². The zero-order chi connectivity index (χ0) is 10.1. The maximum absolute atomic E-state index is 13.4. The Hall–Kier alpha value is -1.49. The summed E-state index contributed by atoms with van der Waals surface area (Å²) >= 11 is 0. The molecule has 0 fully saturated rings. The van der Waals surface area contributed by atoms with Crippen LogP contribution in [-0.2, 0) is 6.54 Å². The normalized spacial score (nSPS) is 14.1. The van der Waals surface area contributed by atoms with E-state index < -0.39 is 11.6 Å². The minimum atomic E-state index is -0.803. The predicted molar refractivity (Wildman–Crippen MR) is 46.9 cm³/mol. The van der Waals surface area contributed by atoms with Gasteiger partial charge in [0, 0.05) is 12.1 Å². The smallest absolute Gasteiger partial charge is 0.210 e. The van der Waals surface area contributed by atoms with Crippen LogP contribution in [0.4, 0.5) is 4.39 Å². The van der Waals surface area contributed by atoms with Gasteiger partial charge < -0.3 is 20.3 Å². The van der Waals surface area contributed by atoms with Crippen molar-refractivity contribution >= 4 is 0 Å². The lowest BCUT2D eigenvalue weighted by molar-refractivity contribution is 0.162. The van der Waals surface area contributed by atoms with E-state index in [2.05, 4.69) is 0 Å². The van der Waals surface area contributed by atoms with Crippen molar-refractivity contribution < 1.29 is 19.0 Å². The van der Waals surface area contributed by atoms with Crippen LogP contribution in [0.25, 0.3) is 0 Å². The van der Waals surface area contributed by atoms with Gasteiger partial charge >= 0.3 is 0 Å². The third-order valence-electron chi connectivity index (χ3n) is 2.05.